The van der Waals surface area contributed by atoms with E-state index in [4.69, 9.17) is 10.8 Å². The summed E-state index contributed by atoms with van der Waals surface area (Å²) in [5.74, 6) is -1.96. The van der Waals surface area contributed by atoms with Crippen molar-refractivity contribution in [2.45, 2.75) is 51.2 Å². The Hall–Kier alpha value is -2.59. The van der Waals surface area contributed by atoms with Gasteiger partial charge in [0.1, 0.15) is 18.6 Å². The van der Waals surface area contributed by atoms with Crippen molar-refractivity contribution >= 4 is 35.5 Å². The van der Waals surface area contributed by atoms with Gasteiger partial charge < -0.3 is 26.8 Å². The van der Waals surface area contributed by atoms with Gasteiger partial charge >= 0.3 is 5.97 Å². The molecule has 0 fully saturated rings. The summed E-state index contributed by atoms with van der Waals surface area (Å²) in [6, 6.07) is 6.57. The number of hydrogen-bond acceptors (Lipinski definition) is 6. The molecule has 1 rings (SSSR count). The normalized spacial score (nSPS) is 13.7. The zero-order chi connectivity index (χ0) is 24.1. The van der Waals surface area contributed by atoms with Crippen LogP contribution in [0.15, 0.2) is 30.3 Å². The first-order valence-electron chi connectivity index (χ1n) is 10.5. The fraction of sp³-hybridized carbons (Fsp3) is 0.545. The Balaban J connectivity index is 2.98. The summed E-state index contributed by atoms with van der Waals surface area (Å²) in [4.78, 5) is 48.9. The highest BCUT2D eigenvalue weighted by Crippen LogP contribution is 2.09. The van der Waals surface area contributed by atoms with E-state index in [2.05, 4.69) is 16.0 Å². The number of hydrogen-bond donors (Lipinski definition) is 5. The van der Waals surface area contributed by atoms with Crippen molar-refractivity contribution in [2.75, 3.05) is 18.6 Å². The average Bonchev–Trinajstić information content (AvgIpc) is 2.74. The maximum Gasteiger partial charge on any atom is 0.322 e. The van der Waals surface area contributed by atoms with Gasteiger partial charge in [-0.2, -0.15) is 11.8 Å². The van der Waals surface area contributed by atoms with Crippen molar-refractivity contribution in [3.05, 3.63) is 35.9 Å². The van der Waals surface area contributed by atoms with Gasteiger partial charge in [0.05, 0.1) is 6.04 Å². The summed E-state index contributed by atoms with van der Waals surface area (Å²) in [6.45, 7) is 3.23. The molecule has 0 saturated carbocycles. The third-order valence-corrected chi connectivity index (χ3v) is 5.28. The number of nitrogens with one attached hydrogen (secondary N) is 3. The molecule has 0 aliphatic carbocycles. The topological polar surface area (TPSA) is 151 Å². The molecule has 1 aromatic carbocycles. The van der Waals surface area contributed by atoms with Crippen molar-refractivity contribution in [1.29, 1.82) is 0 Å². The molecule has 0 heterocycles. The minimum atomic E-state index is -1.18. The van der Waals surface area contributed by atoms with E-state index in [-0.39, 0.29) is 12.3 Å². The van der Waals surface area contributed by atoms with Crippen LogP contribution in [0.5, 0.6) is 0 Å². The first-order valence-corrected chi connectivity index (χ1v) is 11.9. The van der Waals surface area contributed by atoms with Crippen molar-refractivity contribution in [2.24, 2.45) is 11.7 Å². The van der Waals surface area contributed by atoms with Crippen LogP contribution in [0, 0.1) is 5.92 Å². The van der Waals surface area contributed by atoms with Gasteiger partial charge in [-0.1, -0.05) is 44.2 Å². The molecule has 0 aliphatic heterocycles. The van der Waals surface area contributed by atoms with E-state index >= 15 is 0 Å². The molecule has 3 amide bonds. The van der Waals surface area contributed by atoms with Crippen LogP contribution >= 0.6 is 11.8 Å². The third kappa shape index (κ3) is 10.6. The number of carbonyl (C=O) groups is 4. The fourth-order valence-electron chi connectivity index (χ4n) is 2.97. The number of carboxylic acid groups (broad SMARTS) is 1. The van der Waals surface area contributed by atoms with E-state index in [9.17, 15) is 19.2 Å². The van der Waals surface area contributed by atoms with Crippen LogP contribution < -0.4 is 21.7 Å². The van der Waals surface area contributed by atoms with Crippen molar-refractivity contribution in [1.82, 2.24) is 16.0 Å². The lowest BCUT2D eigenvalue weighted by Crippen LogP contribution is -2.57. The number of aliphatic carboxylic acids is 1. The lowest BCUT2D eigenvalue weighted by atomic mass is 10.0. The molecule has 0 radical (unpaired) electrons. The Morgan fingerprint density at radius 3 is 2.19 bits per heavy atom. The summed E-state index contributed by atoms with van der Waals surface area (Å²) < 4.78 is 0. The second-order valence-corrected chi connectivity index (χ2v) is 8.93. The number of carbonyl (C=O) groups excluding carboxylic acids is 3. The van der Waals surface area contributed by atoms with Gasteiger partial charge in [-0.05, 0) is 36.3 Å². The Labute approximate surface area is 193 Å². The molecule has 0 aliphatic rings. The van der Waals surface area contributed by atoms with Gasteiger partial charge in [-0.25, -0.2) is 0 Å². The number of amides is 3. The maximum atomic E-state index is 13.1. The number of benzene rings is 1. The molecule has 32 heavy (non-hydrogen) atoms. The van der Waals surface area contributed by atoms with Crippen LogP contribution in [0.1, 0.15) is 32.3 Å². The first kappa shape index (κ1) is 27.4. The molecule has 0 aromatic heterocycles. The number of thioether (sulfide) groups is 1. The lowest BCUT2D eigenvalue weighted by Gasteiger charge is -2.25. The monoisotopic (exact) mass is 466 g/mol. The minimum Gasteiger partial charge on any atom is -0.480 e. The van der Waals surface area contributed by atoms with Crippen LogP contribution in [0.2, 0.25) is 0 Å². The predicted octanol–water partition coefficient (Wildman–Crippen LogP) is 0.526. The molecule has 3 unspecified atom stereocenters. The standard InChI is InChI=1S/C22H34N4O5S/c1-14(2)11-17(21(30)24-13-19(27)28)26-22(31)18(12-15-7-5-4-6-8-15)25-20(29)16(23)9-10-32-3/h4-8,14,16-18H,9-13,23H2,1-3H3,(H,24,30)(H,25,29)(H,26,31)(H,27,28). The second-order valence-electron chi connectivity index (χ2n) is 7.94. The molecule has 3 atom stereocenters. The molecule has 0 bridgehead atoms. The van der Waals surface area contributed by atoms with Crippen LogP contribution in [0.4, 0.5) is 0 Å². The summed E-state index contributed by atoms with van der Waals surface area (Å²) in [7, 11) is 0. The largest absolute Gasteiger partial charge is 0.480 e. The van der Waals surface area contributed by atoms with Crippen LogP contribution in [0.3, 0.4) is 0 Å². The highest BCUT2D eigenvalue weighted by atomic mass is 32.2. The van der Waals surface area contributed by atoms with E-state index in [0.717, 1.165) is 5.56 Å². The summed E-state index contributed by atoms with van der Waals surface area (Å²) in [6.07, 6.45) is 2.93. The molecule has 6 N–H and O–H groups in total. The lowest BCUT2D eigenvalue weighted by molar-refractivity contribution is -0.138. The first-order chi connectivity index (χ1) is 15.1. The van der Waals surface area contributed by atoms with Gasteiger partial charge in [-0.3, -0.25) is 19.2 Å². The third-order valence-electron chi connectivity index (χ3n) is 4.64. The number of rotatable bonds is 14. The molecule has 0 saturated heterocycles. The zero-order valence-corrected chi connectivity index (χ0v) is 19.6. The molecular weight excluding hydrogens is 432 g/mol. The Morgan fingerprint density at radius 1 is 1.00 bits per heavy atom. The molecule has 0 spiro atoms. The Kier molecular flexibility index (Phi) is 12.4. The predicted molar refractivity (Wildman–Crippen MR) is 125 cm³/mol. The fourth-order valence-corrected chi connectivity index (χ4v) is 3.46. The van der Waals surface area contributed by atoms with Crippen molar-refractivity contribution < 1.29 is 24.3 Å². The van der Waals surface area contributed by atoms with Crippen molar-refractivity contribution in [3.8, 4) is 0 Å². The van der Waals surface area contributed by atoms with E-state index < -0.39 is 48.4 Å². The molecule has 1 aromatic rings. The SMILES string of the molecule is CSCCC(N)C(=O)NC(Cc1ccccc1)C(=O)NC(CC(C)C)C(=O)NCC(=O)O. The zero-order valence-electron chi connectivity index (χ0n) is 18.8. The van der Waals surface area contributed by atoms with Gasteiger partial charge in [0, 0.05) is 6.42 Å². The maximum absolute atomic E-state index is 13.1. The smallest absolute Gasteiger partial charge is 0.322 e. The highest BCUT2D eigenvalue weighted by molar-refractivity contribution is 7.98. The van der Waals surface area contributed by atoms with E-state index in [1.807, 2.05) is 50.4 Å². The van der Waals surface area contributed by atoms with Gasteiger partial charge in [-0.15, -0.1) is 0 Å². The minimum absolute atomic E-state index is 0.0676. The Morgan fingerprint density at radius 2 is 1.62 bits per heavy atom. The van der Waals surface area contributed by atoms with Gasteiger partial charge in [0.15, 0.2) is 0 Å². The van der Waals surface area contributed by atoms with E-state index in [1.54, 1.807) is 11.8 Å². The van der Waals surface area contributed by atoms with E-state index in [0.29, 0.717) is 18.6 Å². The van der Waals surface area contributed by atoms with Crippen molar-refractivity contribution in [3.63, 3.8) is 0 Å². The van der Waals surface area contributed by atoms with Crippen LogP contribution in [0.25, 0.3) is 0 Å². The second kappa shape index (κ2) is 14.5. The quantitative estimate of drug-likeness (QED) is 0.268. The molecule has 10 heteroatoms. The highest BCUT2D eigenvalue weighted by Gasteiger charge is 2.28. The summed E-state index contributed by atoms with van der Waals surface area (Å²) >= 11 is 1.57. The van der Waals surface area contributed by atoms with Gasteiger partial charge in [0.25, 0.3) is 0 Å². The van der Waals surface area contributed by atoms with Crippen LogP contribution in [-0.4, -0.2) is 65.5 Å². The molecule has 178 valence electrons. The molecular formula is C22H34N4O5S. The average molecular weight is 467 g/mol. The number of nitrogens with two attached hydrogens (primary N) is 1. The molecule has 9 nitrogen and oxygen atoms in total. The summed E-state index contributed by atoms with van der Waals surface area (Å²) in [5, 5.41) is 16.5. The van der Waals surface area contributed by atoms with Gasteiger partial charge in [0.2, 0.25) is 17.7 Å². The number of carboxylic acids is 1. The van der Waals surface area contributed by atoms with Crippen LogP contribution in [-0.2, 0) is 25.6 Å². The Bertz CT molecular complexity index is 760. The summed E-state index contributed by atoms with van der Waals surface area (Å²) in [5.41, 5.74) is 6.79. The van der Waals surface area contributed by atoms with E-state index in [1.165, 1.54) is 0 Å².